The molecule has 0 aromatic heterocycles. The first-order valence-electron chi connectivity index (χ1n) is 8.54. The van der Waals surface area contributed by atoms with Gasteiger partial charge in [-0.3, -0.25) is 4.79 Å². The minimum atomic E-state index is -1.16. The maximum Gasteiger partial charge on any atom is 0.339 e. The fraction of sp³-hybridized carbons (Fsp3) is 0.824. The monoisotopic (exact) mass is 358 g/mol. The fourth-order valence-electron chi connectivity index (χ4n) is 2.64. The largest absolute Gasteiger partial charge is 0.466 e. The van der Waals surface area contributed by atoms with Crippen molar-refractivity contribution < 1.29 is 38.1 Å². The van der Waals surface area contributed by atoms with Gasteiger partial charge in [-0.15, -0.1) is 0 Å². The Hall–Kier alpha value is -1.67. The zero-order valence-corrected chi connectivity index (χ0v) is 15.2. The Bertz CT molecular complexity index is 485. The van der Waals surface area contributed by atoms with Gasteiger partial charge in [-0.1, -0.05) is 0 Å². The highest BCUT2D eigenvalue weighted by Gasteiger charge is 2.55. The summed E-state index contributed by atoms with van der Waals surface area (Å²) in [5, 5.41) is 0. The van der Waals surface area contributed by atoms with E-state index in [-0.39, 0.29) is 36.6 Å². The summed E-state index contributed by atoms with van der Waals surface area (Å²) in [5.74, 6) is -1.60. The Labute approximate surface area is 147 Å². The number of esters is 3. The van der Waals surface area contributed by atoms with Crippen LogP contribution in [0.15, 0.2) is 0 Å². The molecule has 0 aromatic carbocycles. The molecule has 0 radical (unpaired) electrons. The number of hydrogen-bond acceptors (Lipinski definition) is 8. The second-order valence-electron chi connectivity index (χ2n) is 6.92. The average Bonchev–Trinajstić information content (AvgIpc) is 3.11. The van der Waals surface area contributed by atoms with Crippen LogP contribution in [0.5, 0.6) is 0 Å². The third-order valence-electron chi connectivity index (χ3n) is 3.83. The lowest BCUT2D eigenvalue weighted by Gasteiger charge is -2.17. The van der Waals surface area contributed by atoms with Gasteiger partial charge in [0.1, 0.15) is 0 Å². The first kappa shape index (κ1) is 19.7. The lowest BCUT2D eigenvalue weighted by atomic mass is 10.2. The van der Waals surface area contributed by atoms with Crippen LogP contribution in [-0.2, 0) is 38.1 Å². The molecule has 8 nitrogen and oxygen atoms in total. The van der Waals surface area contributed by atoms with Gasteiger partial charge in [0.2, 0.25) is 0 Å². The van der Waals surface area contributed by atoms with E-state index in [1.165, 1.54) is 6.92 Å². The highest BCUT2D eigenvalue weighted by molar-refractivity contribution is 5.86. The second-order valence-corrected chi connectivity index (χ2v) is 6.92. The molecule has 0 spiro atoms. The van der Waals surface area contributed by atoms with E-state index in [4.69, 9.17) is 23.7 Å². The number of hydrogen-bond donors (Lipinski definition) is 0. The number of carbonyl (C=O) groups is 3. The summed E-state index contributed by atoms with van der Waals surface area (Å²) in [5.41, 5.74) is 0. The van der Waals surface area contributed by atoms with Crippen LogP contribution < -0.4 is 0 Å². The lowest BCUT2D eigenvalue weighted by Crippen LogP contribution is -2.40. The summed E-state index contributed by atoms with van der Waals surface area (Å²) in [7, 11) is 0. The van der Waals surface area contributed by atoms with Gasteiger partial charge in [-0.05, 0) is 34.1 Å². The van der Waals surface area contributed by atoms with Crippen LogP contribution in [0.25, 0.3) is 0 Å². The number of carbonyl (C=O) groups excluding carboxylic acids is 3. The molecular formula is C17H26O8. The Morgan fingerprint density at radius 3 is 1.84 bits per heavy atom. The maximum absolute atomic E-state index is 12.2. The summed E-state index contributed by atoms with van der Waals surface area (Å²) in [6.45, 7) is 8.46. The summed E-state index contributed by atoms with van der Waals surface area (Å²) in [6.07, 6.45) is -2.99. The molecule has 1 saturated carbocycles. The molecule has 2 aliphatic rings. The quantitative estimate of drug-likeness (QED) is 0.495. The van der Waals surface area contributed by atoms with Crippen molar-refractivity contribution in [2.75, 3.05) is 6.61 Å². The topological polar surface area (TPSA) is 97.4 Å². The molecule has 1 heterocycles. The summed E-state index contributed by atoms with van der Waals surface area (Å²) in [6, 6.07) is 0. The van der Waals surface area contributed by atoms with Gasteiger partial charge in [-0.2, -0.15) is 0 Å². The van der Waals surface area contributed by atoms with Crippen LogP contribution in [0, 0.1) is 11.8 Å². The highest BCUT2D eigenvalue weighted by atomic mass is 16.8. The molecule has 4 atom stereocenters. The van der Waals surface area contributed by atoms with Crippen molar-refractivity contribution in [3.63, 3.8) is 0 Å². The molecule has 0 unspecified atom stereocenters. The van der Waals surface area contributed by atoms with Crippen molar-refractivity contribution in [3.05, 3.63) is 0 Å². The molecule has 1 aliphatic carbocycles. The van der Waals surface area contributed by atoms with Crippen molar-refractivity contribution in [2.24, 2.45) is 11.8 Å². The Balaban J connectivity index is 1.99. The number of ether oxygens (including phenoxy) is 5. The van der Waals surface area contributed by atoms with E-state index in [2.05, 4.69) is 0 Å². The van der Waals surface area contributed by atoms with Crippen molar-refractivity contribution in [1.29, 1.82) is 0 Å². The Kier molecular flexibility index (Phi) is 6.40. The zero-order chi connectivity index (χ0) is 18.7. The zero-order valence-electron chi connectivity index (χ0n) is 15.2. The smallest absolute Gasteiger partial charge is 0.339 e. The summed E-state index contributed by atoms with van der Waals surface area (Å²) in [4.78, 5) is 35.4. The minimum absolute atomic E-state index is 0.0365. The standard InChI is InChI=1S/C17H26O8/c1-8(2)22-15(19)13-14(16(20)23-9(3)4)25-17(24-13)12-6-11(12)7-21-10(5)18/h8-9,11-14,17H,6-7H2,1-5H3/t11-,12-,13+,14+/m0/s1. The predicted octanol–water partition coefficient (Wildman–Crippen LogP) is 1.20. The van der Waals surface area contributed by atoms with Gasteiger partial charge in [0.05, 0.1) is 18.8 Å². The van der Waals surface area contributed by atoms with Crippen LogP contribution >= 0.6 is 0 Å². The fourth-order valence-corrected chi connectivity index (χ4v) is 2.64. The van der Waals surface area contributed by atoms with Crippen molar-refractivity contribution in [2.45, 2.75) is 71.7 Å². The summed E-state index contributed by atoms with van der Waals surface area (Å²) >= 11 is 0. The van der Waals surface area contributed by atoms with Crippen LogP contribution in [0.1, 0.15) is 41.0 Å². The normalized spacial score (nSPS) is 28.9. The highest BCUT2D eigenvalue weighted by Crippen LogP contribution is 2.46. The Morgan fingerprint density at radius 2 is 1.44 bits per heavy atom. The molecule has 0 amide bonds. The Morgan fingerprint density at radius 1 is 0.960 bits per heavy atom. The molecule has 0 bridgehead atoms. The van der Waals surface area contributed by atoms with Crippen molar-refractivity contribution in [1.82, 2.24) is 0 Å². The van der Waals surface area contributed by atoms with Gasteiger partial charge >= 0.3 is 17.9 Å². The molecule has 0 aromatic rings. The molecule has 2 rings (SSSR count). The first-order valence-corrected chi connectivity index (χ1v) is 8.54. The molecule has 142 valence electrons. The van der Waals surface area contributed by atoms with E-state index in [0.29, 0.717) is 0 Å². The first-order chi connectivity index (χ1) is 11.7. The molecule has 25 heavy (non-hydrogen) atoms. The van der Waals surface area contributed by atoms with Crippen LogP contribution in [0.2, 0.25) is 0 Å². The van der Waals surface area contributed by atoms with E-state index < -0.39 is 30.4 Å². The molecule has 1 aliphatic heterocycles. The van der Waals surface area contributed by atoms with Crippen LogP contribution in [0.4, 0.5) is 0 Å². The minimum Gasteiger partial charge on any atom is -0.466 e. The second kappa shape index (κ2) is 8.14. The van der Waals surface area contributed by atoms with E-state index in [9.17, 15) is 14.4 Å². The van der Waals surface area contributed by atoms with Crippen molar-refractivity contribution in [3.8, 4) is 0 Å². The van der Waals surface area contributed by atoms with Gasteiger partial charge in [-0.25, -0.2) is 9.59 Å². The SMILES string of the molecule is CC(=O)OC[C@@H]1C[C@@H]1C1O[C@@H](C(=O)OC(C)C)[C@H](C(=O)OC(C)C)O1. The molecule has 8 heteroatoms. The van der Waals surface area contributed by atoms with Crippen LogP contribution in [-0.4, -0.2) is 55.2 Å². The van der Waals surface area contributed by atoms with E-state index >= 15 is 0 Å². The summed E-state index contributed by atoms with van der Waals surface area (Å²) < 4.78 is 26.6. The lowest BCUT2D eigenvalue weighted by molar-refractivity contribution is -0.167. The third kappa shape index (κ3) is 5.40. The molecule has 2 fully saturated rings. The van der Waals surface area contributed by atoms with Crippen molar-refractivity contribution >= 4 is 17.9 Å². The average molecular weight is 358 g/mol. The van der Waals surface area contributed by atoms with Crippen LogP contribution in [0.3, 0.4) is 0 Å². The third-order valence-corrected chi connectivity index (χ3v) is 3.83. The predicted molar refractivity (Wildman–Crippen MR) is 84.2 cm³/mol. The maximum atomic E-state index is 12.2. The molecular weight excluding hydrogens is 332 g/mol. The van der Waals surface area contributed by atoms with E-state index in [1.54, 1.807) is 27.7 Å². The van der Waals surface area contributed by atoms with Gasteiger partial charge in [0.25, 0.3) is 0 Å². The molecule has 1 saturated heterocycles. The van der Waals surface area contributed by atoms with E-state index in [0.717, 1.165) is 6.42 Å². The van der Waals surface area contributed by atoms with Gasteiger partial charge in [0.15, 0.2) is 18.5 Å². The number of rotatable bonds is 7. The van der Waals surface area contributed by atoms with Gasteiger partial charge < -0.3 is 23.7 Å². The van der Waals surface area contributed by atoms with Gasteiger partial charge in [0, 0.05) is 18.8 Å². The van der Waals surface area contributed by atoms with E-state index in [1.807, 2.05) is 0 Å². The molecule has 0 N–H and O–H groups in total.